The Labute approximate surface area is 144 Å². The number of methoxy groups -OCH3 is 2. The van der Waals surface area contributed by atoms with Crippen molar-refractivity contribution in [2.24, 2.45) is 0 Å². The molecule has 1 aliphatic rings. The monoisotopic (exact) mass is 337 g/mol. The van der Waals surface area contributed by atoms with Gasteiger partial charge in [-0.15, -0.1) is 0 Å². The number of benzene rings is 2. The summed E-state index contributed by atoms with van der Waals surface area (Å²) >= 11 is 0. The highest BCUT2D eigenvalue weighted by molar-refractivity contribution is 6.30. The highest BCUT2D eigenvalue weighted by Crippen LogP contribution is 2.38. The van der Waals surface area contributed by atoms with Crippen LogP contribution in [0.1, 0.15) is 31.8 Å². The maximum atomic E-state index is 13.0. The molecule has 0 saturated heterocycles. The second-order valence-corrected chi connectivity index (χ2v) is 5.34. The molecule has 1 N–H and O–H groups in total. The van der Waals surface area contributed by atoms with E-state index in [0.717, 1.165) is 6.08 Å². The molecular weight excluding hydrogens is 322 g/mol. The molecule has 0 atom stereocenters. The van der Waals surface area contributed by atoms with Gasteiger partial charge in [0, 0.05) is 22.9 Å². The van der Waals surface area contributed by atoms with E-state index in [1.165, 1.54) is 26.4 Å². The average molecular weight is 337 g/mol. The molecule has 25 heavy (non-hydrogen) atoms. The largest absolute Gasteiger partial charge is 0.496 e. The van der Waals surface area contributed by atoms with Crippen molar-refractivity contribution in [3.05, 3.63) is 65.2 Å². The van der Waals surface area contributed by atoms with Gasteiger partial charge >= 0.3 is 0 Å². The number of hydrogen-bond donors (Lipinski definition) is 1. The summed E-state index contributed by atoms with van der Waals surface area (Å²) in [6.45, 7) is 3.38. The smallest absolute Gasteiger partial charge is 0.247 e. The SMILES string of the molecule is C=CC(=O)Nc1cc(OC)c2c(c1)C(=O)c1cccc(OC)c1C2=O. The Kier molecular flexibility index (Phi) is 4.10. The van der Waals surface area contributed by atoms with Crippen LogP contribution in [0.25, 0.3) is 0 Å². The van der Waals surface area contributed by atoms with Crippen molar-refractivity contribution in [2.45, 2.75) is 0 Å². The molecule has 2 aromatic rings. The molecule has 0 bridgehead atoms. The van der Waals surface area contributed by atoms with E-state index >= 15 is 0 Å². The summed E-state index contributed by atoms with van der Waals surface area (Å²) in [5, 5.41) is 2.57. The molecule has 0 radical (unpaired) electrons. The third-order valence-corrected chi connectivity index (χ3v) is 3.96. The number of fused-ring (bicyclic) bond motifs is 2. The third-order valence-electron chi connectivity index (χ3n) is 3.96. The average Bonchev–Trinajstić information content (AvgIpc) is 2.64. The van der Waals surface area contributed by atoms with Crippen LogP contribution in [0.15, 0.2) is 43.0 Å². The molecule has 0 spiro atoms. The Bertz CT molecular complexity index is 930. The predicted octanol–water partition coefficient (Wildman–Crippen LogP) is 2.60. The van der Waals surface area contributed by atoms with Crippen LogP contribution in [0.4, 0.5) is 5.69 Å². The van der Waals surface area contributed by atoms with Gasteiger partial charge in [0.2, 0.25) is 11.7 Å². The van der Waals surface area contributed by atoms with Crippen LogP contribution < -0.4 is 14.8 Å². The summed E-state index contributed by atoms with van der Waals surface area (Å²) in [4.78, 5) is 37.4. The number of anilines is 1. The molecule has 3 rings (SSSR count). The second kappa shape index (κ2) is 6.24. The van der Waals surface area contributed by atoms with E-state index < -0.39 is 5.91 Å². The first-order chi connectivity index (χ1) is 12.0. The van der Waals surface area contributed by atoms with E-state index in [4.69, 9.17) is 9.47 Å². The van der Waals surface area contributed by atoms with Gasteiger partial charge in [-0.2, -0.15) is 0 Å². The van der Waals surface area contributed by atoms with Gasteiger partial charge in [-0.3, -0.25) is 14.4 Å². The molecule has 0 aliphatic heterocycles. The summed E-state index contributed by atoms with van der Waals surface area (Å²) < 4.78 is 10.5. The summed E-state index contributed by atoms with van der Waals surface area (Å²) in [6.07, 6.45) is 1.11. The summed E-state index contributed by atoms with van der Waals surface area (Å²) in [7, 11) is 2.83. The van der Waals surface area contributed by atoms with Crippen molar-refractivity contribution in [3.8, 4) is 11.5 Å². The quantitative estimate of drug-likeness (QED) is 0.740. The molecule has 1 amide bonds. The first kappa shape index (κ1) is 16.4. The topological polar surface area (TPSA) is 81.7 Å². The van der Waals surface area contributed by atoms with Crippen molar-refractivity contribution >= 4 is 23.2 Å². The molecule has 0 fully saturated rings. The number of rotatable bonds is 4. The van der Waals surface area contributed by atoms with E-state index in [-0.39, 0.29) is 39.6 Å². The number of hydrogen-bond acceptors (Lipinski definition) is 5. The van der Waals surface area contributed by atoms with Crippen molar-refractivity contribution < 1.29 is 23.9 Å². The molecule has 0 saturated carbocycles. The minimum Gasteiger partial charge on any atom is -0.496 e. The highest BCUT2D eigenvalue weighted by atomic mass is 16.5. The molecule has 0 aromatic heterocycles. The summed E-state index contributed by atoms with van der Waals surface area (Å²) in [5.74, 6) is -0.602. The first-order valence-electron chi connectivity index (χ1n) is 7.43. The Hall–Kier alpha value is -3.41. The fourth-order valence-electron chi connectivity index (χ4n) is 2.85. The standard InChI is InChI=1S/C19H15NO5/c1-4-15(21)20-10-8-12-17(14(9-10)25-3)19(23)16-11(18(12)22)6-5-7-13(16)24-2/h4-9H,1H2,2-3H3,(H,20,21). The Morgan fingerprint density at radius 3 is 2.32 bits per heavy atom. The van der Waals surface area contributed by atoms with Crippen LogP contribution >= 0.6 is 0 Å². The van der Waals surface area contributed by atoms with Gasteiger partial charge in [0.05, 0.1) is 25.3 Å². The molecular formula is C19H15NO5. The Morgan fingerprint density at radius 2 is 1.68 bits per heavy atom. The van der Waals surface area contributed by atoms with Crippen LogP contribution in [0.5, 0.6) is 11.5 Å². The highest BCUT2D eigenvalue weighted by Gasteiger charge is 2.35. The minimum atomic E-state index is -0.432. The van der Waals surface area contributed by atoms with Gasteiger partial charge in [0.25, 0.3) is 0 Å². The number of nitrogens with one attached hydrogen (secondary N) is 1. The molecule has 0 heterocycles. The predicted molar refractivity (Wildman–Crippen MR) is 91.7 cm³/mol. The summed E-state index contributed by atoms with van der Waals surface area (Å²) in [6, 6.07) is 7.80. The lowest BCUT2D eigenvalue weighted by atomic mass is 9.82. The second-order valence-electron chi connectivity index (χ2n) is 5.34. The lowest BCUT2D eigenvalue weighted by molar-refractivity contribution is -0.111. The van der Waals surface area contributed by atoms with Gasteiger partial charge < -0.3 is 14.8 Å². The maximum Gasteiger partial charge on any atom is 0.247 e. The van der Waals surface area contributed by atoms with E-state index in [9.17, 15) is 14.4 Å². The third kappa shape index (κ3) is 2.57. The zero-order chi connectivity index (χ0) is 18.1. The molecule has 6 nitrogen and oxygen atoms in total. The number of carbonyl (C=O) groups is 3. The van der Waals surface area contributed by atoms with Crippen molar-refractivity contribution in [1.29, 1.82) is 0 Å². The van der Waals surface area contributed by atoms with Crippen LogP contribution in [0.3, 0.4) is 0 Å². The number of ketones is 2. The number of carbonyl (C=O) groups excluding carboxylic acids is 3. The van der Waals surface area contributed by atoms with Crippen LogP contribution in [0.2, 0.25) is 0 Å². The van der Waals surface area contributed by atoms with Crippen LogP contribution in [0, 0.1) is 0 Å². The van der Waals surface area contributed by atoms with Crippen LogP contribution in [-0.2, 0) is 4.79 Å². The fraction of sp³-hybridized carbons (Fsp3) is 0.105. The maximum absolute atomic E-state index is 13.0. The normalized spacial score (nSPS) is 12.1. The zero-order valence-corrected chi connectivity index (χ0v) is 13.7. The molecule has 6 heteroatoms. The Morgan fingerprint density at radius 1 is 1.00 bits per heavy atom. The van der Waals surface area contributed by atoms with Gasteiger partial charge in [0.1, 0.15) is 11.5 Å². The van der Waals surface area contributed by atoms with Crippen molar-refractivity contribution in [3.63, 3.8) is 0 Å². The summed E-state index contributed by atoms with van der Waals surface area (Å²) in [5.41, 5.74) is 1.13. The lowest BCUT2D eigenvalue weighted by Crippen LogP contribution is -2.23. The number of amides is 1. The Balaban J connectivity index is 2.24. The van der Waals surface area contributed by atoms with E-state index in [1.54, 1.807) is 18.2 Å². The van der Waals surface area contributed by atoms with Gasteiger partial charge in [0.15, 0.2) is 5.78 Å². The van der Waals surface area contributed by atoms with Crippen molar-refractivity contribution in [2.75, 3.05) is 19.5 Å². The van der Waals surface area contributed by atoms with E-state index in [1.807, 2.05) is 0 Å². The van der Waals surface area contributed by atoms with E-state index in [0.29, 0.717) is 11.4 Å². The fourth-order valence-corrected chi connectivity index (χ4v) is 2.85. The zero-order valence-electron chi connectivity index (χ0n) is 13.7. The molecule has 126 valence electrons. The van der Waals surface area contributed by atoms with Gasteiger partial charge in [-0.1, -0.05) is 18.7 Å². The molecule has 1 aliphatic carbocycles. The number of ether oxygens (including phenoxy) is 2. The van der Waals surface area contributed by atoms with Gasteiger partial charge in [-0.05, 0) is 18.2 Å². The molecule has 2 aromatic carbocycles. The van der Waals surface area contributed by atoms with Crippen LogP contribution in [-0.4, -0.2) is 31.7 Å². The van der Waals surface area contributed by atoms with Gasteiger partial charge in [-0.25, -0.2) is 0 Å². The minimum absolute atomic E-state index is 0.154. The lowest BCUT2D eigenvalue weighted by Gasteiger charge is -2.22. The first-order valence-corrected chi connectivity index (χ1v) is 7.43. The molecule has 0 unspecified atom stereocenters. The van der Waals surface area contributed by atoms with E-state index in [2.05, 4.69) is 11.9 Å². The van der Waals surface area contributed by atoms with Crippen molar-refractivity contribution in [1.82, 2.24) is 0 Å².